The van der Waals surface area contributed by atoms with Crippen LogP contribution >= 0.6 is 15.9 Å². The molecule has 13 heavy (non-hydrogen) atoms. The van der Waals surface area contributed by atoms with Crippen LogP contribution in [-0.2, 0) is 0 Å². The molecule has 0 aliphatic rings. The second kappa shape index (κ2) is 2.81. The van der Waals surface area contributed by atoms with Crippen LogP contribution in [0.25, 0.3) is 5.65 Å². The Labute approximate surface area is 81.1 Å². The molecule has 0 fully saturated rings. The van der Waals surface area contributed by atoms with Gasteiger partial charge >= 0.3 is 5.97 Å². The van der Waals surface area contributed by atoms with E-state index in [2.05, 4.69) is 26.0 Å². The van der Waals surface area contributed by atoms with Crippen molar-refractivity contribution in [3.63, 3.8) is 0 Å². The Bertz CT molecular complexity index is 480. The van der Waals surface area contributed by atoms with Crippen LogP contribution in [0.2, 0.25) is 0 Å². The number of fused-ring (bicyclic) bond motifs is 1. The van der Waals surface area contributed by atoms with E-state index in [9.17, 15) is 4.79 Å². The summed E-state index contributed by atoms with van der Waals surface area (Å²) in [4.78, 5) is 14.6. The lowest BCUT2D eigenvalue weighted by Crippen LogP contribution is -2.04. The van der Waals surface area contributed by atoms with Crippen LogP contribution < -0.4 is 0 Å². The molecule has 0 spiro atoms. The van der Waals surface area contributed by atoms with Gasteiger partial charge in [0.2, 0.25) is 0 Å². The summed E-state index contributed by atoms with van der Waals surface area (Å²) in [6.45, 7) is 0. The average Bonchev–Trinajstić information content (AvgIpc) is 2.52. The maximum absolute atomic E-state index is 10.7. The SMILES string of the molecule is O=C(O)c1cnc2ccnn2c1Br. The van der Waals surface area contributed by atoms with Crippen molar-refractivity contribution in [1.82, 2.24) is 14.6 Å². The van der Waals surface area contributed by atoms with Crippen LogP contribution in [-0.4, -0.2) is 25.7 Å². The van der Waals surface area contributed by atoms with E-state index in [1.54, 1.807) is 12.3 Å². The monoisotopic (exact) mass is 241 g/mol. The van der Waals surface area contributed by atoms with E-state index in [1.165, 1.54) is 10.7 Å². The predicted octanol–water partition coefficient (Wildman–Crippen LogP) is 1.19. The number of halogens is 1. The molecule has 0 atom stereocenters. The number of hydrogen-bond acceptors (Lipinski definition) is 3. The number of rotatable bonds is 1. The highest BCUT2D eigenvalue weighted by molar-refractivity contribution is 9.10. The molecule has 0 aliphatic heterocycles. The van der Waals surface area contributed by atoms with Crippen molar-refractivity contribution < 1.29 is 9.90 Å². The zero-order valence-electron chi connectivity index (χ0n) is 6.31. The van der Waals surface area contributed by atoms with Crippen LogP contribution in [0.1, 0.15) is 10.4 Å². The second-order valence-corrected chi connectivity index (χ2v) is 3.12. The largest absolute Gasteiger partial charge is 0.478 e. The van der Waals surface area contributed by atoms with Gasteiger partial charge in [-0.3, -0.25) is 0 Å². The normalized spacial score (nSPS) is 10.5. The summed E-state index contributed by atoms with van der Waals surface area (Å²) in [5, 5.41) is 12.7. The topological polar surface area (TPSA) is 67.5 Å². The molecule has 2 rings (SSSR count). The van der Waals surface area contributed by atoms with Gasteiger partial charge in [-0.1, -0.05) is 0 Å². The molecule has 2 aromatic heterocycles. The van der Waals surface area contributed by atoms with Crippen molar-refractivity contribution >= 4 is 27.5 Å². The number of carboxylic acids is 1. The van der Waals surface area contributed by atoms with Gasteiger partial charge in [0.25, 0.3) is 0 Å². The molecule has 6 heteroatoms. The summed E-state index contributed by atoms with van der Waals surface area (Å²) in [6, 6.07) is 1.69. The summed E-state index contributed by atoms with van der Waals surface area (Å²) >= 11 is 3.14. The summed E-state index contributed by atoms with van der Waals surface area (Å²) in [6.07, 6.45) is 2.85. The molecule has 0 saturated carbocycles. The van der Waals surface area contributed by atoms with Gasteiger partial charge in [0, 0.05) is 12.3 Å². The van der Waals surface area contributed by atoms with Crippen molar-refractivity contribution in [3.05, 3.63) is 28.6 Å². The molecule has 0 saturated heterocycles. The molecule has 66 valence electrons. The maximum atomic E-state index is 10.7. The van der Waals surface area contributed by atoms with Crippen molar-refractivity contribution in [2.24, 2.45) is 0 Å². The summed E-state index contributed by atoms with van der Waals surface area (Å²) in [5.74, 6) is -1.03. The summed E-state index contributed by atoms with van der Waals surface area (Å²) < 4.78 is 1.82. The van der Waals surface area contributed by atoms with Crippen molar-refractivity contribution in [1.29, 1.82) is 0 Å². The Balaban J connectivity index is 2.80. The van der Waals surface area contributed by atoms with E-state index in [4.69, 9.17) is 5.11 Å². The molecular weight excluding hydrogens is 238 g/mol. The third-order valence-corrected chi connectivity index (χ3v) is 2.35. The molecule has 1 N–H and O–H groups in total. The van der Waals surface area contributed by atoms with Gasteiger partial charge in [0.15, 0.2) is 5.65 Å². The van der Waals surface area contributed by atoms with Gasteiger partial charge in [0.1, 0.15) is 10.2 Å². The fourth-order valence-corrected chi connectivity index (χ4v) is 1.53. The average molecular weight is 242 g/mol. The van der Waals surface area contributed by atoms with Gasteiger partial charge in [-0.05, 0) is 15.9 Å². The van der Waals surface area contributed by atoms with E-state index in [1.807, 2.05) is 0 Å². The van der Waals surface area contributed by atoms with E-state index in [0.29, 0.717) is 10.3 Å². The molecule has 0 bridgehead atoms. The minimum Gasteiger partial charge on any atom is -0.478 e. The molecule has 0 amide bonds. The maximum Gasteiger partial charge on any atom is 0.340 e. The molecule has 2 aromatic rings. The summed E-state index contributed by atoms with van der Waals surface area (Å²) in [7, 11) is 0. The second-order valence-electron chi connectivity index (χ2n) is 2.37. The Kier molecular flexibility index (Phi) is 1.77. The first-order chi connectivity index (χ1) is 6.20. The van der Waals surface area contributed by atoms with Crippen LogP contribution in [0.3, 0.4) is 0 Å². The Morgan fingerprint density at radius 3 is 3.08 bits per heavy atom. The fourth-order valence-electron chi connectivity index (χ4n) is 0.987. The van der Waals surface area contributed by atoms with E-state index >= 15 is 0 Å². The third-order valence-electron chi connectivity index (χ3n) is 1.59. The molecule has 0 aliphatic carbocycles. The van der Waals surface area contributed by atoms with Gasteiger partial charge in [0.05, 0.1) is 6.20 Å². The van der Waals surface area contributed by atoms with Crippen molar-refractivity contribution in [3.8, 4) is 0 Å². The van der Waals surface area contributed by atoms with Crippen LogP contribution in [0.4, 0.5) is 0 Å². The molecule has 0 radical (unpaired) electrons. The Hall–Kier alpha value is -1.43. The lowest BCUT2D eigenvalue weighted by atomic mass is 10.3. The first-order valence-electron chi connectivity index (χ1n) is 3.41. The predicted molar refractivity (Wildman–Crippen MR) is 47.6 cm³/mol. The molecule has 5 nitrogen and oxygen atoms in total. The minimum atomic E-state index is -1.03. The molecule has 0 unspecified atom stereocenters. The zero-order chi connectivity index (χ0) is 9.42. The number of hydrogen-bond donors (Lipinski definition) is 1. The Morgan fingerprint density at radius 2 is 2.38 bits per heavy atom. The van der Waals surface area contributed by atoms with E-state index in [0.717, 1.165) is 0 Å². The first kappa shape index (κ1) is 8.18. The first-order valence-corrected chi connectivity index (χ1v) is 4.21. The van der Waals surface area contributed by atoms with E-state index < -0.39 is 5.97 Å². The highest BCUT2D eigenvalue weighted by atomic mass is 79.9. The lowest BCUT2D eigenvalue weighted by Gasteiger charge is -1.99. The lowest BCUT2D eigenvalue weighted by molar-refractivity contribution is 0.0694. The van der Waals surface area contributed by atoms with Gasteiger partial charge < -0.3 is 5.11 Å². The zero-order valence-corrected chi connectivity index (χ0v) is 7.89. The fraction of sp³-hybridized carbons (Fsp3) is 0. The number of carbonyl (C=O) groups is 1. The minimum absolute atomic E-state index is 0.0937. The highest BCUT2D eigenvalue weighted by Crippen LogP contribution is 2.16. The standard InChI is InChI=1S/C7H4BrN3O2/c8-6-4(7(12)13)3-9-5-1-2-10-11(5)6/h1-3H,(H,12,13). The van der Waals surface area contributed by atoms with Crippen LogP contribution in [0, 0.1) is 0 Å². The summed E-state index contributed by atoms with van der Waals surface area (Å²) in [5.41, 5.74) is 0.702. The van der Waals surface area contributed by atoms with Crippen LogP contribution in [0.5, 0.6) is 0 Å². The quantitative estimate of drug-likeness (QED) is 0.762. The highest BCUT2D eigenvalue weighted by Gasteiger charge is 2.12. The van der Waals surface area contributed by atoms with Gasteiger partial charge in [-0.2, -0.15) is 5.10 Å². The number of nitrogens with zero attached hydrogens (tertiary/aromatic N) is 3. The van der Waals surface area contributed by atoms with Crippen LogP contribution in [0.15, 0.2) is 23.1 Å². The number of aromatic carboxylic acids is 1. The molecule has 2 heterocycles. The smallest absolute Gasteiger partial charge is 0.340 e. The van der Waals surface area contributed by atoms with E-state index in [-0.39, 0.29) is 5.56 Å². The third kappa shape index (κ3) is 1.19. The number of aromatic nitrogens is 3. The van der Waals surface area contributed by atoms with Gasteiger partial charge in [-0.25, -0.2) is 14.3 Å². The van der Waals surface area contributed by atoms with Crippen molar-refractivity contribution in [2.45, 2.75) is 0 Å². The molecular formula is C7H4BrN3O2. The molecule has 0 aromatic carbocycles. The van der Waals surface area contributed by atoms with Crippen molar-refractivity contribution in [2.75, 3.05) is 0 Å². The Morgan fingerprint density at radius 1 is 1.62 bits per heavy atom. The number of carboxylic acid groups (broad SMARTS) is 1. The van der Waals surface area contributed by atoms with Gasteiger partial charge in [-0.15, -0.1) is 0 Å².